The maximum atomic E-state index is 12.4. The average Bonchev–Trinajstić information content (AvgIpc) is 3.31. The summed E-state index contributed by atoms with van der Waals surface area (Å²) in [6.45, 7) is 7.01. The fourth-order valence-corrected chi connectivity index (χ4v) is 3.71. The Kier molecular flexibility index (Phi) is 6.26. The van der Waals surface area contributed by atoms with Crippen LogP contribution in [0.15, 0.2) is 10.6 Å². The predicted octanol–water partition coefficient (Wildman–Crippen LogP) is 0.890. The van der Waals surface area contributed by atoms with E-state index in [1.165, 1.54) is 0 Å². The van der Waals surface area contributed by atoms with Crippen molar-refractivity contribution in [3.63, 3.8) is 0 Å². The van der Waals surface area contributed by atoms with Crippen molar-refractivity contribution in [2.24, 2.45) is 5.92 Å². The number of aromatic nitrogens is 1. The minimum atomic E-state index is -0.254. The monoisotopic (exact) mass is 363 g/mol. The molecule has 3 heterocycles. The van der Waals surface area contributed by atoms with Gasteiger partial charge in [0, 0.05) is 19.2 Å². The molecule has 0 aromatic carbocycles. The number of nitrogens with zero attached hydrogens (tertiary/aromatic N) is 2. The molecule has 1 aromatic heterocycles. The summed E-state index contributed by atoms with van der Waals surface area (Å²) in [4.78, 5) is 26.8. The summed E-state index contributed by atoms with van der Waals surface area (Å²) in [6.07, 6.45) is 4.08. The highest BCUT2D eigenvalue weighted by molar-refractivity contribution is 5.93. The first-order chi connectivity index (χ1) is 12.5. The van der Waals surface area contributed by atoms with Crippen molar-refractivity contribution in [2.45, 2.75) is 51.6 Å². The minimum Gasteiger partial charge on any atom is -0.354 e. The summed E-state index contributed by atoms with van der Waals surface area (Å²) in [7, 11) is 0. The first kappa shape index (κ1) is 18.8. The molecule has 0 saturated carbocycles. The Morgan fingerprint density at radius 1 is 1.42 bits per heavy atom. The van der Waals surface area contributed by atoms with E-state index < -0.39 is 0 Å². The molecule has 0 aliphatic carbocycles. The zero-order chi connectivity index (χ0) is 18.5. The Bertz CT molecular complexity index is 626. The first-order valence-corrected chi connectivity index (χ1v) is 9.52. The van der Waals surface area contributed by atoms with Crippen molar-refractivity contribution in [1.29, 1.82) is 0 Å². The third-order valence-electron chi connectivity index (χ3n) is 5.29. The Hall–Kier alpha value is -1.93. The van der Waals surface area contributed by atoms with Crippen molar-refractivity contribution < 1.29 is 14.1 Å². The van der Waals surface area contributed by atoms with Gasteiger partial charge in [-0.3, -0.25) is 19.8 Å². The van der Waals surface area contributed by atoms with Crippen LogP contribution in [0.4, 0.5) is 5.88 Å². The van der Waals surface area contributed by atoms with Gasteiger partial charge in [0.2, 0.25) is 17.7 Å². The zero-order valence-electron chi connectivity index (χ0n) is 15.6. The van der Waals surface area contributed by atoms with Crippen LogP contribution in [0.5, 0.6) is 0 Å². The summed E-state index contributed by atoms with van der Waals surface area (Å²) in [5.74, 6) is 0.758. The summed E-state index contributed by atoms with van der Waals surface area (Å²) in [6, 6.07) is 1.41. The van der Waals surface area contributed by atoms with Crippen molar-refractivity contribution in [2.75, 3.05) is 31.5 Å². The molecule has 2 aliphatic heterocycles. The number of nitrogens with one attached hydrogen (secondary N) is 3. The van der Waals surface area contributed by atoms with Gasteiger partial charge in [-0.2, -0.15) is 0 Å². The highest BCUT2D eigenvalue weighted by atomic mass is 16.5. The van der Waals surface area contributed by atoms with Gasteiger partial charge >= 0.3 is 0 Å². The number of amides is 2. The van der Waals surface area contributed by atoms with E-state index in [9.17, 15) is 9.59 Å². The smallest absolute Gasteiger partial charge is 0.243 e. The van der Waals surface area contributed by atoms with Gasteiger partial charge in [0.05, 0.1) is 17.8 Å². The molecular formula is C18H29N5O3. The maximum Gasteiger partial charge on any atom is 0.243 e. The SMILES string of the molecule is Cc1cc(NC(=O)C(C)N2CCCC(CNC(=O)C3CCCN3)C2)on1. The van der Waals surface area contributed by atoms with Crippen molar-refractivity contribution in [1.82, 2.24) is 20.7 Å². The van der Waals surface area contributed by atoms with E-state index >= 15 is 0 Å². The van der Waals surface area contributed by atoms with Crippen LogP contribution in [0.2, 0.25) is 0 Å². The van der Waals surface area contributed by atoms with E-state index in [1.54, 1.807) is 6.07 Å². The minimum absolute atomic E-state index is 0.0373. The maximum absolute atomic E-state index is 12.4. The number of piperidine rings is 1. The number of anilines is 1. The van der Waals surface area contributed by atoms with E-state index in [0.29, 0.717) is 18.3 Å². The molecule has 3 N–H and O–H groups in total. The van der Waals surface area contributed by atoms with Gasteiger partial charge in [-0.1, -0.05) is 5.16 Å². The number of hydrogen-bond donors (Lipinski definition) is 3. The lowest BCUT2D eigenvalue weighted by molar-refractivity contribution is -0.124. The molecule has 3 unspecified atom stereocenters. The number of aryl methyl sites for hydroxylation is 1. The van der Waals surface area contributed by atoms with Gasteiger partial charge < -0.3 is 15.2 Å². The number of carbonyl (C=O) groups is 2. The van der Waals surface area contributed by atoms with Crippen molar-refractivity contribution >= 4 is 17.7 Å². The first-order valence-electron chi connectivity index (χ1n) is 9.52. The molecule has 8 nitrogen and oxygen atoms in total. The fourth-order valence-electron chi connectivity index (χ4n) is 3.71. The van der Waals surface area contributed by atoms with E-state index in [0.717, 1.165) is 51.0 Å². The van der Waals surface area contributed by atoms with E-state index in [2.05, 4.69) is 26.0 Å². The molecule has 2 fully saturated rings. The summed E-state index contributed by atoms with van der Waals surface area (Å²) >= 11 is 0. The molecule has 3 rings (SSSR count). The molecule has 2 saturated heterocycles. The molecule has 0 spiro atoms. The highest BCUT2D eigenvalue weighted by Crippen LogP contribution is 2.19. The molecule has 2 amide bonds. The highest BCUT2D eigenvalue weighted by Gasteiger charge is 2.29. The Labute approximate surface area is 154 Å². The predicted molar refractivity (Wildman–Crippen MR) is 97.7 cm³/mol. The van der Waals surface area contributed by atoms with Crippen LogP contribution >= 0.6 is 0 Å². The summed E-state index contributed by atoms with van der Waals surface area (Å²) in [5, 5.41) is 12.8. The normalized spacial score (nSPS) is 25.0. The standard InChI is InChI=1S/C18H29N5O3/c1-12-9-16(26-22-12)21-17(24)13(2)23-8-4-5-14(11-23)10-20-18(25)15-6-3-7-19-15/h9,13-15,19H,3-8,10-11H2,1-2H3,(H,20,25)(H,21,24). The van der Waals surface area contributed by atoms with Gasteiger partial charge in [-0.05, 0) is 58.5 Å². The number of likely N-dealkylation sites (tertiary alicyclic amines) is 1. The van der Waals surface area contributed by atoms with Crippen LogP contribution < -0.4 is 16.0 Å². The second-order valence-electron chi connectivity index (χ2n) is 7.40. The fraction of sp³-hybridized carbons (Fsp3) is 0.722. The molecule has 8 heteroatoms. The van der Waals surface area contributed by atoms with Crippen LogP contribution in [0.25, 0.3) is 0 Å². The molecule has 3 atom stereocenters. The van der Waals surface area contributed by atoms with Gasteiger partial charge in [0.15, 0.2) is 0 Å². The van der Waals surface area contributed by atoms with Gasteiger partial charge in [-0.25, -0.2) is 0 Å². The van der Waals surface area contributed by atoms with Crippen molar-refractivity contribution in [3.8, 4) is 0 Å². The Morgan fingerprint density at radius 3 is 2.96 bits per heavy atom. The van der Waals surface area contributed by atoms with E-state index in [4.69, 9.17) is 4.52 Å². The molecular weight excluding hydrogens is 334 g/mol. The van der Waals surface area contributed by atoms with E-state index in [1.807, 2.05) is 13.8 Å². The average molecular weight is 363 g/mol. The number of carbonyl (C=O) groups excluding carboxylic acids is 2. The third-order valence-corrected chi connectivity index (χ3v) is 5.29. The summed E-state index contributed by atoms with van der Waals surface area (Å²) in [5.41, 5.74) is 0.735. The second-order valence-corrected chi connectivity index (χ2v) is 7.40. The second kappa shape index (κ2) is 8.64. The van der Waals surface area contributed by atoms with Crippen LogP contribution in [0.1, 0.15) is 38.3 Å². The number of rotatable bonds is 6. The number of hydrogen-bond acceptors (Lipinski definition) is 6. The Balaban J connectivity index is 1.45. The van der Waals surface area contributed by atoms with Gasteiger partial charge in [0.1, 0.15) is 0 Å². The summed E-state index contributed by atoms with van der Waals surface area (Å²) < 4.78 is 5.05. The lowest BCUT2D eigenvalue weighted by atomic mass is 9.96. The lowest BCUT2D eigenvalue weighted by Gasteiger charge is -2.36. The van der Waals surface area contributed by atoms with Crippen LogP contribution in [-0.4, -0.2) is 60.1 Å². The van der Waals surface area contributed by atoms with Crippen molar-refractivity contribution in [3.05, 3.63) is 11.8 Å². The van der Waals surface area contributed by atoms with Crippen LogP contribution in [0.3, 0.4) is 0 Å². The molecule has 1 aromatic rings. The van der Waals surface area contributed by atoms with E-state index in [-0.39, 0.29) is 23.9 Å². The largest absolute Gasteiger partial charge is 0.354 e. The molecule has 2 aliphatic rings. The topological polar surface area (TPSA) is 99.5 Å². The molecule has 0 radical (unpaired) electrons. The zero-order valence-corrected chi connectivity index (χ0v) is 15.6. The third kappa shape index (κ3) is 4.82. The van der Waals surface area contributed by atoms with Crippen LogP contribution in [-0.2, 0) is 9.59 Å². The Morgan fingerprint density at radius 2 is 2.27 bits per heavy atom. The van der Waals surface area contributed by atoms with Gasteiger partial charge in [0.25, 0.3) is 0 Å². The van der Waals surface area contributed by atoms with Gasteiger partial charge in [-0.15, -0.1) is 0 Å². The quantitative estimate of drug-likeness (QED) is 0.694. The lowest BCUT2D eigenvalue weighted by Crippen LogP contribution is -2.50. The molecule has 144 valence electrons. The molecule has 26 heavy (non-hydrogen) atoms. The van der Waals surface area contributed by atoms with Crippen LogP contribution in [0, 0.1) is 12.8 Å². The molecule has 0 bridgehead atoms.